The lowest BCUT2D eigenvalue weighted by Crippen LogP contribution is -2.24. The maximum Gasteiger partial charge on any atom is 0.149 e. The lowest BCUT2D eigenvalue weighted by Gasteiger charge is -2.13. The van der Waals surface area contributed by atoms with Crippen molar-refractivity contribution in [1.29, 1.82) is 0 Å². The Bertz CT molecular complexity index is 414. The van der Waals surface area contributed by atoms with Gasteiger partial charge in [0.15, 0.2) is 0 Å². The van der Waals surface area contributed by atoms with Crippen LogP contribution < -0.4 is 5.32 Å². The van der Waals surface area contributed by atoms with Crippen molar-refractivity contribution in [3.05, 3.63) is 27.8 Å². The third-order valence-electron chi connectivity index (χ3n) is 1.81. The van der Waals surface area contributed by atoms with Crippen molar-refractivity contribution in [3.8, 4) is 0 Å². The Morgan fingerprint density at radius 3 is 2.33 bits per heavy atom. The van der Waals surface area contributed by atoms with Crippen molar-refractivity contribution >= 4 is 38.1 Å². The fourth-order valence-corrected chi connectivity index (χ4v) is 2.68. The first-order valence-electron chi connectivity index (χ1n) is 4.56. The standard InChI is InChI=1S/C10H14INO2S/c1-8(7-15(2,13)14)12-10-5-3-9(11)4-6-10/h3-6,8,12H,7H2,1-2H3. The van der Waals surface area contributed by atoms with Crippen molar-refractivity contribution in [3.63, 3.8) is 0 Å². The van der Waals surface area contributed by atoms with E-state index in [1.807, 2.05) is 31.2 Å². The molecule has 0 fully saturated rings. The zero-order chi connectivity index (χ0) is 11.5. The van der Waals surface area contributed by atoms with Crippen LogP contribution in [0.1, 0.15) is 6.92 Å². The van der Waals surface area contributed by atoms with Gasteiger partial charge in [-0.2, -0.15) is 0 Å². The summed E-state index contributed by atoms with van der Waals surface area (Å²) in [6, 6.07) is 7.78. The highest BCUT2D eigenvalue weighted by Crippen LogP contribution is 2.12. The Hall–Kier alpha value is -0.300. The Morgan fingerprint density at radius 2 is 1.87 bits per heavy atom. The van der Waals surface area contributed by atoms with Crippen molar-refractivity contribution in [2.45, 2.75) is 13.0 Å². The van der Waals surface area contributed by atoms with Crippen molar-refractivity contribution in [1.82, 2.24) is 0 Å². The molecule has 0 saturated carbocycles. The highest BCUT2D eigenvalue weighted by molar-refractivity contribution is 14.1. The van der Waals surface area contributed by atoms with E-state index in [4.69, 9.17) is 0 Å². The molecule has 1 N–H and O–H groups in total. The van der Waals surface area contributed by atoms with Gasteiger partial charge in [-0.05, 0) is 53.8 Å². The van der Waals surface area contributed by atoms with E-state index in [2.05, 4.69) is 27.9 Å². The number of benzene rings is 1. The van der Waals surface area contributed by atoms with Crippen LogP contribution in [0.25, 0.3) is 0 Å². The van der Waals surface area contributed by atoms with Crippen LogP contribution in [0.3, 0.4) is 0 Å². The van der Waals surface area contributed by atoms with Gasteiger partial charge >= 0.3 is 0 Å². The molecule has 0 bridgehead atoms. The first-order valence-corrected chi connectivity index (χ1v) is 7.70. The van der Waals surface area contributed by atoms with Crippen LogP contribution in [0.5, 0.6) is 0 Å². The molecule has 15 heavy (non-hydrogen) atoms. The SMILES string of the molecule is CC(CS(C)(=O)=O)Nc1ccc(I)cc1. The molecule has 84 valence electrons. The van der Waals surface area contributed by atoms with Gasteiger partial charge in [0.2, 0.25) is 0 Å². The molecule has 1 atom stereocenters. The maximum atomic E-state index is 11.0. The van der Waals surface area contributed by atoms with E-state index in [0.29, 0.717) is 0 Å². The molecule has 0 spiro atoms. The molecule has 5 heteroatoms. The zero-order valence-corrected chi connectivity index (χ0v) is 11.7. The van der Waals surface area contributed by atoms with Crippen LogP contribution in [-0.4, -0.2) is 26.5 Å². The van der Waals surface area contributed by atoms with E-state index in [1.165, 1.54) is 6.26 Å². The van der Waals surface area contributed by atoms with Gasteiger partial charge in [-0.25, -0.2) is 8.42 Å². The summed E-state index contributed by atoms with van der Waals surface area (Å²) in [4.78, 5) is 0. The quantitative estimate of drug-likeness (QED) is 0.855. The van der Waals surface area contributed by atoms with Crippen LogP contribution in [0.2, 0.25) is 0 Å². The average Bonchev–Trinajstić information content (AvgIpc) is 2.05. The van der Waals surface area contributed by atoms with Crippen LogP contribution in [-0.2, 0) is 9.84 Å². The van der Waals surface area contributed by atoms with E-state index >= 15 is 0 Å². The van der Waals surface area contributed by atoms with Gasteiger partial charge in [-0.1, -0.05) is 0 Å². The third-order valence-corrected chi connectivity index (χ3v) is 3.63. The molecule has 0 radical (unpaired) electrons. The third kappa shape index (κ3) is 5.36. The predicted molar refractivity (Wildman–Crippen MR) is 72.0 cm³/mol. The Kier molecular flexibility index (Phi) is 4.39. The largest absolute Gasteiger partial charge is 0.382 e. The van der Waals surface area contributed by atoms with Gasteiger partial charge in [-0.3, -0.25) is 0 Å². The van der Waals surface area contributed by atoms with Crippen LogP contribution in [0.4, 0.5) is 5.69 Å². The van der Waals surface area contributed by atoms with Gasteiger partial charge in [0.05, 0.1) is 5.75 Å². The van der Waals surface area contributed by atoms with E-state index in [1.54, 1.807) is 0 Å². The molecule has 0 aliphatic rings. The summed E-state index contributed by atoms with van der Waals surface area (Å²) in [7, 11) is -2.92. The summed E-state index contributed by atoms with van der Waals surface area (Å²) in [5.41, 5.74) is 0.951. The smallest absolute Gasteiger partial charge is 0.149 e. The van der Waals surface area contributed by atoms with E-state index in [0.717, 1.165) is 9.26 Å². The topological polar surface area (TPSA) is 46.2 Å². The number of anilines is 1. The van der Waals surface area contributed by atoms with E-state index in [-0.39, 0.29) is 11.8 Å². The van der Waals surface area contributed by atoms with E-state index < -0.39 is 9.84 Å². The maximum absolute atomic E-state index is 11.0. The highest BCUT2D eigenvalue weighted by atomic mass is 127. The summed E-state index contributed by atoms with van der Waals surface area (Å²) >= 11 is 2.23. The first-order chi connectivity index (χ1) is 6.87. The normalized spacial score (nSPS) is 13.5. The van der Waals surface area contributed by atoms with Crippen LogP contribution in [0, 0.1) is 3.57 Å². The molecule has 0 saturated heterocycles. The average molecular weight is 339 g/mol. The summed E-state index contributed by atoms with van der Waals surface area (Å²) in [5, 5.41) is 3.14. The molecule has 1 rings (SSSR count). The fourth-order valence-electron chi connectivity index (χ4n) is 1.33. The van der Waals surface area contributed by atoms with Crippen molar-refractivity contribution < 1.29 is 8.42 Å². The molecular formula is C10H14INO2S. The van der Waals surface area contributed by atoms with Crippen LogP contribution >= 0.6 is 22.6 Å². The molecule has 1 unspecified atom stereocenters. The van der Waals surface area contributed by atoms with Gasteiger partial charge in [0.1, 0.15) is 9.84 Å². The molecule has 1 aromatic rings. The second-order valence-electron chi connectivity index (χ2n) is 3.64. The summed E-state index contributed by atoms with van der Waals surface area (Å²) in [6.07, 6.45) is 1.25. The number of hydrogen-bond donors (Lipinski definition) is 1. The monoisotopic (exact) mass is 339 g/mol. The second kappa shape index (κ2) is 5.16. The number of halogens is 1. The highest BCUT2D eigenvalue weighted by Gasteiger charge is 2.09. The van der Waals surface area contributed by atoms with Gasteiger partial charge in [0, 0.05) is 21.6 Å². The molecule has 0 heterocycles. The number of nitrogens with one attached hydrogen (secondary N) is 1. The predicted octanol–water partition coefficient (Wildman–Crippen LogP) is 2.14. The summed E-state index contributed by atoms with van der Waals surface area (Å²) < 4.78 is 23.3. The lowest BCUT2D eigenvalue weighted by molar-refractivity contribution is 0.598. The minimum atomic E-state index is -2.92. The van der Waals surface area contributed by atoms with Crippen LogP contribution in [0.15, 0.2) is 24.3 Å². The number of rotatable bonds is 4. The molecule has 3 nitrogen and oxygen atoms in total. The Labute approximate surface area is 104 Å². The minimum absolute atomic E-state index is 0.0694. The minimum Gasteiger partial charge on any atom is -0.382 e. The molecule has 1 aromatic carbocycles. The molecule has 0 aromatic heterocycles. The molecular weight excluding hydrogens is 325 g/mol. The van der Waals surface area contributed by atoms with Gasteiger partial charge < -0.3 is 5.32 Å². The molecule has 0 amide bonds. The number of hydrogen-bond acceptors (Lipinski definition) is 3. The molecule has 0 aliphatic carbocycles. The van der Waals surface area contributed by atoms with Gasteiger partial charge in [0.25, 0.3) is 0 Å². The lowest BCUT2D eigenvalue weighted by atomic mass is 10.3. The summed E-state index contributed by atoms with van der Waals surface area (Å²) in [5.74, 6) is 0.152. The summed E-state index contributed by atoms with van der Waals surface area (Å²) in [6.45, 7) is 1.86. The number of sulfone groups is 1. The zero-order valence-electron chi connectivity index (χ0n) is 8.70. The second-order valence-corrected chi connectivity index (χ2v) is 7.08. The Morgan fingerprint density at radius 1 is 1.33 bits per heavy atom. The Balaban J connectivity index is 2.59. The van der Waals surface area contributed by atoms with E-state index in [9.17, 15) is 8.42 Å². The van der Waals surface area contributed by atoms with Crippen molar-refractivity contribution in [2.24, 2.45) is 0 Å². The van der Waals surface area contributed by atoms with Crippen molar-refractivity contribution in [2.75, 3.05) is 17.3 Å². The fraction of sp³-hybridized carbons (Fsp3) is 0.400. The first kappa shape index (κ1) is 12.8. The molecule has 0 aliphatic heterocycles. The van der Waals surface area contributed by atoms with Gasteiger partial charge in [-0.15, -0.1) is 0 Å².